The number of sulfonamides is 1. The first-order valence-electron chi connectivity index (χ1n) is 5.72. The Balaban J connectivity index is 2.13. The smallest absolute Gasteiger partial charge is 0.240 e. The number of nitrogen functional groups attached to an aromatic ring is 1. The van der Waals surface area contributed by atoms with Gasteiger partial charge in [-0.05, 0) is 40.5 Å². The molecule has 0 radical (unpaired) electrons. The van der Waals surface area contributed by atoms with Gasteiger partial charge in [0.05, 0.1) is 4.90 Å². The third kappa shape index (κ3) is 3.46. The molecule has 0 saturated carbocycles. The fourth-order valence-corrected chi connectivity index (χ4v) is 3.62. The number of benzene rings is 1. The monoisotopic (exact) mass is 347 g/mol. The van der Waals surface area contributed by atoms with Crippen LogP contribution < -0.4 is 15.8 Å². The quantitative estimate of drug-likeness (QED) is 0.696. The molecule has 1 aromatic rings. The number of anilines is 1. The molecule has 104 valence electrons. The molecule has 0 aromatic heterocycles. The molecule has 1 saturated heterocycles. The number of carbonyl (C=O) groups excluding carboxylic acids is 1. The molecule has 0 bridgehead atoms. The van der Waals surface area contributed by atoms with Crippen molar-refractivity contribution >= 4 is 37.5 Å². The highest BCUT2D eigenvalue weighted by Gasteiger charge is 2.24. The molecule has 6 nitrogen and oxygen atoms in total. The van der Waals surface area contributed by atoms with E-state index in [1.54, 1.807) is 0 Å². The zero-order valence-corrected chi connectivity index (χ0v) is 12.4. The molecule has 1 aliphatic rings. The van der Waals surface area contributed by atoms with Crippen LogP contribution in [0.3, 0.4) is 0 Å². The van der Waals surface area contributed by atoms with E-state index in [-0.39, 0.29) is 16.8 Å². The van der Waals surface area contributed by atoms with E-state index in [1.807, 2.05) is 0 Å². The molecule has 1 unspecified atom stereocenters. The minimum atomic E-state index is -3.60. The first-order chi connectivity index (χ1) is 8.88. The van der Waals surface area contributed by atoms with Gasteiger partial charge in [-0.25, -0.2) is 13.1 Å². The maximum absolute atomic E-state index is 12.2. The van der Waals surface area contributed by atoms with Crippen molar-refractivity contribution in [3.8, 4) is 0 Å². The Labute approximate surface area is 119 Å². The van der Waals surface area contributed by atoms with Crippen molar-refractivity contribution < 1.29 is 13.2 Å². The lowest BCUT2D eigenvalue weighted by atomic mass is 10.1. The molecular weight excluding hydrogens is 334 g/mol. The third-order valence-electron chi connectivity index (χ3n) is 2.87. The van der Waals surface area contributed by atoms with Crippen molar-refractivity contribution in [3.63, 3.8) is 0 Å². The fraction of sp³-hybridized carbons (Fsp3) is 0.364. The van der Waals surface area contributed by atoms with E-state index in [0.29, 0.717) is 29.5 Å². The molecule has 1 aromatic carbocycles. The van der Waals surface area contributed by atoms with Crippen LogP contribution in [-0.2, 0) is 14.8 Å². The number of carbonyl (C=O) groups is 1. The van der Waals surface area contributed by atoms with Crippen molar-refractivity contribution in [2.24, 2.45) is 0 Å². The van der Waals surface area contributed by atoms with Crippen LogP contribution in [0.25, 0.3) is 0 Å². The largest absolute Gasteiger partial charge is 0.398 e. The van der Waals surface area contributed by atoms with Crippen LogP contribution in [0.4, 0.5) is 5.69 Å². The van der Waals surface area contributed by atoms with Crippen molar-refractivity contribution in [1.82, 2.24) is 10.0 Å². The first kappa shape index (κ1) is 14.3. The van der Waals surface area contributed by atoms with Crippen LogP contribution in [0.15, 0.2) is 27.6 Å². The average Bonchev–Trinajstić information content (AvgIpc) is 2.35. The molecule has 0 spiro atoms. The Kier molecular flexibility index (Phi) is 4.12. The summed E-state index contributed by atoms with van der Waals surface area (Å²) in [5, 5.41) is 2.63. The molecule has 1 atom stereocenters. The molecule has 1 heterocycles. The van der Waals surface area contributed by atoms with Gasteiger partial charge >= 0.3 is 0 Å². The van der Waals surface area contributed by atoms with Gasteiger partial charge in [0.2, 0.25) is 15.9 Å². The Morgan fingerprint density at radius 1 is 1.42 bits per heavy atom. The van der Waals surface area contributed by atoms with Gasteiger partial charge in [-0.2, -0.15) is 0 Å². The Morgan fingerprint density at radius 2 is 2.16 bits per heavy atom. The molecular formula is C11H14BrN3O3S. The van der Waals surface area contributed by atoms with Crippen molar-refractivity contribution in [2.45, 2.75) is 23.8 Å². The van der Waals surface area contributed by atoms with Gasteiger partial charge in [-0.15, -0.1) is 0 Å². The number of amides is 1. The Bertz CT molecular complexity index is 593. The number of hydrogen-bond donors (Lipinski definition) is 3. The van der Waals surface area contributed by atoms with Crippen LogP contribution in [0.2, 0.25) is 0 Å². The predicted molar refractivity (Wildman–Crippen MR) is 74.9 cm³/mol. The summed E-state index contributed by atoms with van der Waals surface area (Å²) >= 11 is 3.20. The SMILES string of the molecule is Nc1ccc(S(=O)(=O)NC2CCC(=O)NC2)cc1Br. The number of rotatable bonds is 3. The standard InChI is InChI=1S/C11H14BrN3O3S/c12-9-5-8(2-3-10(9)13)19(17,18)15-7-1-4-11(16)14-6-7/h2-3,5,7,15H,1,4,6,13H2,(H,14,16). The molecule has 0 aliphatic carbocycles. The van der Waals surface area contributed by atoms with Gasteiger partial charge in [-0.1, -0.05) is 0 Å². The summed E-state index contributed by atoms with van der Waals surface area (Å²) < 4.78 is 27.4. The van der Waals surface area contributed by atoms with E-state index in [1.165, 1.54) is 18.2 Å². The summed E-state index contributed by atoms with van der Waals surface area (Å²) in [6.07, 6.45) is 0.833. The summed E-state index contributed by atoms with van der Waals surface area (Å²) in [6, 6.07) is 4.16. The summed E-state index contributed by atoms with van der Waals surface area (Å²) in [6.45, 7) is 0.314. The van der Waals surface area contributed by atoms with E-state index in [2.05, 4.69) is 26.0 Å². The third-order valence-corrected chi connectivity index (χ3v) is 5.07. The van der Waals surface area contributed by atoms with E-state index in [4.69, 9.17) is 5.73 Å². The van der Waals surface area contributed by atoms with Crippen LogP contribution in [0.1, 0.15) is 12.8 Å². The second kappa shape index (κ2) is 5.48. The minimum Gasteiger partial charge on any atom is -0.398 e. The summed E-state index contributed by atoms with van der Waals surface area (Å²) in [4.78, 5) is 11.2. The fourth-order valence-electron chi connectivity index (χ4n) is 1.80. The number of piperidine rings is 1. The number of hydrogen-bond acceptors (Lipinski definition) is 4. The number of nitrogens with two attached hydrogens (primary N) is 1. The predicted octanol–water partition coefficient (Wildman–Crippen LogP) is 0.588. The molecule has 19 heavy (non-hydrogen) atoms. The van der Waals surface area contributed by atoms with E-state index < -0.39 is 10.0 Å². The molecule has 1 fully saturated rings. The number of halogens is 1. The lowest BCUT2D eigenvalue weighted by Gasteiger charge is -2.23. The topological polar surface area (TPSA) is 101 Å². The van der Waals surface area contributed by atoms with E-state index >= 15 is 0 Å². The zero-order chi connectivity index (χ0) is 14.0. The normalized spacial score (nSPS) is 20.1. The van der Waals surface area contributed by atoms with E-state index in [9.17, 15) is 13.2 Å². The van der Waals surface area contributed by atoms with Crippen LogP contribution in [-0.4, -0.2) is 26.9 Å². The first-order valence-corrected chi connectivity index (χ1v) is 8.00. The highest BCUT2D eigenvalue weighted by Crippen LogP contribution is 2.23. The van der Waals surface area contributed by atoms with Gasteiger partial charge in [-0.3, -0.25) is 4.79 Å². The maximum Gasteiger partial charge on any atom is 0.240 e. The summed E-state index contributed by atoms with van der Waals surface area (Å²) in [5.74, 6) is -0.0503. The zero-order valence-electron chi connectivity index (χ0n) is 10.0. The van der Waals surface area contributed by atoms with Crippen molar-refractivity contribution in [2.75, 3.05) is 12.3 Å². The van der Waals surface area contributed by atoms with Gasteiger partial charge in [0.25, 0.3) is 0 Å². The van der Waals surface area contributed by atoms with Crippen LogP contribution in [0, 0.1) is 0 Å². The minimum absolute atomic E-state index is 0.0503. The highest BCUT2D eigenvalue weighted by atomic mass is 79.9. The van der Waals surface area contributed by atoms with Gasteiger partial charge in [0.1, 0.15) is 0 Å². The maximum atomic E-state index is 12.2. The van der Waals surface area contributed by atoms with Gasteiger partial charge in [0.15, 0.2) is 0 Å². The lowest BCUT2D eigenvalue weighted by molar-refractivity contribution is -0.122. The van der Waals surface area contributed by atoms with Gasteiger partial charge in [0, 0.05) is 29.2 Å². The summed E-state index contributed by atoms with van der Waals surface area (Å²) in [5.41, 5.74) is 6.10. The Morgan fingerprint density at radius 3 is 2.74 bits per heavy atom. The average molecular weight is 348 g/mol. The Hall–Kier alpha value is -1.12. The molecule has 2 rings (SSSR count). The highest BCUT2D eigenvalue weighted by molar-refractivity contribution is 9.10. The molecule has 4 N–H and O–H groups in total. The lowest BCUT2D eigenvalue weighted by Crippen LogP contribution is -2.47. The van der Waals surface area contributed by atoms with Gasteiger partial charge < -0.3 is 11.1 Å². The van der Waals surface area contributed by atoms with Crippen molar-refractivity contribution in [3.05, 3.63) is 22.7 Å². The molecule has 8 heteroatoms. The summed E-state index contributed by atoms with van der Waals surface area (Å²) in [7, 11) is -3.60. The molecule has 1 amide bonds. The van der Waals surface area contributed by atoms with Crippen LogP contribution in [0.5, 0.6) is 0 Å². The second-order valence-electron chi connectivity index (χ2n) is 4.34. The van der Waals surface area contributed by atoms with Crippen molar-refractivity contribution in [1.29, 1.82) is 0 Å². The molecule has 1 aliphatic heterocycles. The number of nitrogens with one attached hydrogen (secondary N) is 2. The second-order valence-corrected chi connectivity index (χ2v) is 6.91. The van der Waals surface area contributed by atoms with Crippen LogP contribution >= 0.6 is 15.9 Å². The van der Waals surface area contributed by atoms with E-state index in [0.717, 1.165) is 0 Å².